The Bertz CT molecular complexity index is 779. The lowest BCUT2D eigenvalue weighted by molar-refractivity contribution is -0.127. The van der Waals surface area contributed by atoms with Gasteiger partial charge in [-0.15, -0.1) is 0 Å². The molecule has 1 aliphatic rings. The first kappa shape index (κ1) is 20.2. The fraction of sp³-hybridized carbons (Fsp3) is 0.458. The summed E-state index contributed by atoms with van der Waals surface area (Å²) in [5.41, 5.74) is 3.48. The Morgan fingerprint density at radius 1 is 1.11 bits per heavy atom. The Morgan fingerprint density at radius 2 is 1.79 bits per heavy atom. The van der Waals surface area contributed by atoms with Gasteiger partial charge < -0.3 is 15.0 Å². The van der Waals surface area contributed by atoms with Crippen LogP contribution in [0.2, 0.25) is 0 Å². The van der Waals surface area contributed by atoms with Crippen LogP contribution in [0.3, 0.4) is 0 Å². The van der Waals surface area contributed by atoms with Crippen LogP contribution < -0.4 is 15.0 Å². The number of carbonyl (C=O) groups is 1. The Morgan fingerprint density at radius 3 is 2.43 bits per heavy atom. The smallest absolute Gasteiger partial charge is 0.261 e. The minimum absolute atomic E-state index is 0.0634. The number of carbonyl (C=O) groups excluding carboxylic acids is 1. The van der Waals surface area contributed by atoms with E-state index in [2.05, 4.69) is 41.4 Å². The van der Waals surface area contributed by atoms with Crippen LogP contribution in [0, 0.1) is 12.8 Å². The van der Waals surface area contributed by atoms with E-state index in [0.29, 0.717) is 0 Å². The van der Waals surface area contributed by atoms with E-state index < -0.39 is 6.10 Å². The predicted octanol–water partition coefficient (Wildman–Crippen LogP) is 4.88. The molecule has 1 saturated heterocycles. The Kier molecular flexibility index (Phi) is 6.61. The van der Waals surface area contributed by atoms with Crippen molar-refractivity contribution in [1.82, 2.24) is 5.32 Å². The van der Waals surface area contributed by atoms with Crippen LogP contribution in [0.25, 0.3) is 0 Å². The summed E-state index contributed by atoms with van der Waals surface area (Å²) in [7, 11) is 0. The lowest BCUT2D eigenvalue weighted by atomic mass is 9.98. The predicted molar refractivity (Wildman–Crippen MR) is 115 cm³/mol. The molecule has 3 rings (SSSR count). The highest BCUT2D eigenvalue weighted by molar-refractivity contribution is 5.81. The van der Waals surface area contributed by atoms with Crippen molar-refractivity contribution in [1.29, 1.82) is 0 Å². The molecule has 0 unspecified atom stereocenters. The van der Waals surface area contributed by atoms with Gasteiger partial charge in [0.1, 0.15) is 5.75 Å². The largest absolute Gasteiger partial charge is 0.481 e. The maximum atomic E-state index is 12.5. The standard InChI is InChI=1S/C24H32N2O2/c1-17-12-14-26(15-13-17)22-10-8-21(9-11-22)19(3)25-24(27)20(4)28-23-7-5-6-18(2)16-23/h5-11,16-17,19-20H,12-15H2,1-4H3,(H,25,27)/t19-,20+/m1/s1. The number of hydrogen-bond donors (Lipinski definition) is 1. The molecule has 1 fully saturated rings. The number of hydrogen-bond acceptors (Lipinski definition) is 3. The van der Waals surface area contributed by atoms with Gasteiger partial charge in [-0.1, -0.05) is 31.2 Å². The highest BCUT2D eigenvalue weighted by Crippen LogP contribution is 2.24. The monoisotopic (exact) mass is 380 g/mol. The number of nitrogens with one attached hydrogen (secondary N) is 1. The van der Waals surface area contributed by atoms with Gasteiger partial charge in [0.25, 0.3) is 5.91 Å². The van der Waals surface area contributed by atoms with Gasteiger partial charge in [0.05, 0.1) is 6.04 Å². The fourth-order valence-electron chi connectivity index (χ4n) is 3.60. The summed E-state index contributed by atoms with van der Waals surface area (Å²) in [4.78, 5) is 15.0. The van der Waals surface area contributed by atoms with Gasteiger partial charge in [-0.05, 0) is 74.9 Å². The number of rotatable bonds is 6. The van der Waals surface area contributed by atoms with Gasteiger partial charge in [0.2, 0.25) is 0 Å². The number of amides is 1. The normalized spacial score (nSPS) is 17.1. The molecular weight excluding hydrogens is 348 g/mol. The number of ether oxygens (including phenoxy) is 1. The Hall–Kier alpha value is -2.49. The molecule has 28 heavy (non-hydrogen) atoms. The first-order chi connectivity index (χ1) is 13.4. The third kappa shape index (κ3) is 5.28. The number of anilines is 1. The van der Waals surface area contributed by atoms with Crippen molar-refractivity contribution in [2.75, 3.05) is 18.0 Å². The first-order valence-electron chi connectivity index (χ1n) is 10.3. The van der Waals surface area contributed by atoms with E-state index in [1.54, 1.807) is 6.92 Å². The second-order valence-corrected chi connectivity index (χ2v) is 8.07. The molecule has 0 bridgehead atoms. The maximum Gasteiger partial charge on any atom is 0.261 e. The van der Waals surface area contributed by atoms with Crippen molar-refractivity contribution < 1.29 is 9.53 Å². The number of benzene rings is 2. The quantitative estimate of drug-likeness (QED) is 0.777. The van der Waals surface area contributed by atoms with Gasteiger partial charge >= 0.3 is 0 Å². The van der Waals surface area contributed by atoms with Crippen LogP contribution >= 0.6 is 0 Å². The van der Waals surface area contributed by atoms with Crippen molar-refractivity contribution in [2.24, 2.45) is 5.92 Å². The molecule has 0 spiro atoms. The Balaban J connectivity index is 1.54. The molecule has 1 aliphatic heterocycles. The molecule has 1 N–H and O–H groups in total. The van der Waals surface area contributed by atoms with Crippen molar-refractivity contribution >= 4 is 11.6 Å². The third-order valence-corrected chi connectivity index (χ3v) is 5.57. The number of aryl methyl sites for hydroxylation is 1. The van der Waals surface area contributed by atoms with Gasteiger partial charge in [-0.25, -0.2) is 0 Å². The lowest BCUT2D eigenvalue weighted by Crippen LogP contribution is -2.37. The van der Waals surface area contributed by atoms with E-state index in [0.717, 1.165) is 35.9 Å². The summed E-state index contributed by atoms with van der Waals surface area (Å²) in [5.74, 6) is 1.44. The molecule has 2 aromatic rings. The highest BCUT2D eigenvalue weighted by atomic mass is 16.5. The minimum Gasteiger partial charge on any atom is -0.481 e. The van der Waals surface area contributed by atoms with E-state index in [-0.39, 0.29) is 11.9 Å². The van der Waals surface area contributed by atoms with E-state index in [4.69, 9.17) is 4.74 Å². The molecule has 1 heterocycles. The molecule has 0 aliphatic carbocycles. The SMILES string of the molecule is Cc1cccc(O[C@@H](C)C(=O)N[C@H](C)c2ccc(N3CCC(C)CC3)cc2)c1. The maximum absolute atomic E-state index is 12.5. The molecule has 4 nitrogen and oxygen atoms in total. The molecule has 0 radical (unpaired) electrons. The van der Waals surface area contributed by atoms with E-state index in [1.807, 2.05) is 38.1 Å². The summed E-state index contributed by atoms with van der Waals surface area (Å²) >= 11 is 0. The molecule has 2 atom stereocenters. The van der Waals surface area contributed by atoms with Crippen LogP contribution in [-0.4, -0.2) is 25.1 Å². The van der Waals surface area contributed by atoms with Crippen LogP contribution in [0.15, 0.2) is 48.5 Å². The topological polar surface area (TPSA) is 41.6 Å². The van der Waals surface area contributed by atoms with E-state index in [1.165, 1.54) is 18.5 Å². The zero-order chi connectivity index (χ0) is 20.1. The summed E-state index contributed by atoms with van der Waals surface area (Å²) < 4.78 is 5.78. The summed E-state index contributed by atoms with van der Waals surface area (Å²) in [6.45, 7) is 10.4. The molecule has 1 amide bonds. The van der Waals surface area contributed by atoms with Crippen LogP contribution in [0.1, 0.15) is 50.8 Å². The first-order valence-corrected chi connectivity index (χ1v) is 10.3. The fourth-order valence-corrected chi connectivity index (χ4v) is 3.60. The minimum atomic E-state index is -0.543. The zero-order valence-corrected chi connectivity index (χ0v) is 17.4. The van der Waals surface area contributed by atoms with Crippen LogP contribution in [-0.2, 0) is 4.79 Å². The Labute approximate surface area is 168 Å². The van der Waals surface area contributed by atoms with Crippen molar-refractivity contribution in [3.05, 3.63) is 59.7 Å². The number of piperidine rings is 1. The molecule has 4 heteroatoms. The van der Waals surface area contributed by atoms with Gasteiger partial charge in [-0.3, -0.25) is 4.79 Å². The van der Waals surface area contributed by atoms with Crippen molar-refractivity contribution in [3.8, 4) is 5.75 Å². The van der Waals surface area contributed by atoms with Crippen molar-refractivity contribution in [3.63, 3.8) is 0 Å². The highest BCUT2D eigenvalue weighted by Gasteiger charge is 2.19. The molecular formula is C24H32N2O2. The summed E-state index contributed by atoms with van der Waals surface area (Å²) in [6, 6.07) is 16.3. The average Bonchev–Trinajstić information content (AvgIpc) is 2.68. The average molecular weight is 381 g/mol. The molecule has 0 saturated carbocycles. The number of nitrogens with zero attached hydrogens (tertiary/aromatic N) is 1. The molecule has 150 valence electrons. The van der Waals surface area contributed by atoms with E-state index >= 15 is 0 Å². The molecule has 0 aromatic heterocycles. The zero-order valence-electron chi connectivity index (χ0n) is 17.4. The van der Waals surface area contributed by atoms with Crippen LogP contribution in [0.5, 0.6) is 5.75 Å². The van der Waals surface area contributed by atoms with E-state index in [9.17, 15) is 4.79 Å². The van der Waals surface area contributed by atoms with Crippen LogP contribution in [0.4, 0.5) is 5.69 Å². The van der Waals surface area contributed by atoms with Gasteiger partial charge in [-0.2, -0.15) is 0 Å². The summed E-state index contributed by atoms with van der Waals surface area (Å²) in [5, 5.41) is 3.06. The van der Waals surface area contributed by atoms with Gasteiger partial charge in [0.15, 0.2) is 6.10 Å². The summed E-state index contributed by atoms with van der Waals surface area (Å²) in [6.07, 6.45) is 1.97. The lowest BCUT2D eigenvalue weighted by Gasteiger charge is -2.32. The molecule has 2 aromatic carbocycles. The van der Waals surface area contributed by atoms with Crippen molar-refractivity contribution in [2.45, 2.75) is 52.7 Å². The third-order valence-electron chi connectivity index (χ3n) is 5.57. The second kappa shape index (κ2) is 9.13. The van der Waals surface area contributed by atoms with Gasteiger partial charge in [0, 0.05) is 18.8 Å². The second-order valence-electron chi connectivity index (χ2n) is 8.07.